The summed E-state index contributed by atoms with van der Waals surface area (Å²) in [5.74, 6) is -1.18. The molecule has 1 aliphatic rings. The molecule has 1 unspecified atom stereocenters. The second-order valence-electron chi connectivity index (χ2n) is 8.61. The average molecular weight is 464 g/mol. The molecule has 1 saturated carbocycles. The summed E-state index contributed by atoms with van der Waals surface area (Å²) < 4.78 is 24.0. The largest absolute Gasteiger partial charge is 0.478 e. The average Bonchev–Trinajstić information content (AvgIpc) is 3.13. The van der Waals surface area contributed by atoms with Gasteiger partial charge in [0.25, 0.3) is 0 Å². The third-order valence-corrected chi connectivity index (χ3v) is 8.08. The monoisotopic (exact) mass is 463 g/mol. The third kappa shape index (κ3) is 5.74. The van der Waals surface area contributed by atoms with Gasteiger partial charge in [-0.05, 0) is 50.2 Å². The number of amides is 1. The van der Waals surface area contributed by atoms with Crippen LogP contribution < -0.4 is 4.90 Å². The highest BCUT2D eigenvalue weighted by molar-refractivity contribution is 7.90. The van der Waals surface area contributed by atoms with E-state index in [1.54, 1.807) is 13.0 Å². The van der Waals surface area contributed by atoms with Crippen LogP contribution >= 0.6 is 11.3 Å². The Bertz CT molecular complexity index is 1040. The lowest BCUT2D eigenvalue weighted by Crippen LogP contribution is -2.46. The normalized spacial score (nSPS) is 20.2. The maximum atomic E-state index is 13.6. The Labute approximate surface area is 187 Å². The van der Waals surface area contributed by atoms with Crippen molar-refractivity contribution in [2.24, 2.45) is 11.8 Å². The van der Waals surface area contributed by atoms with Gasteiger partial charge in [0.2, 0.25) is 5.91 Å². The number of benzene rings is 1. The van der Waals surface area contributed by atoms with Gasteiger partial charge in [-0.15, -0.1) is 11.3 Å². The minimum atomic E-state index is -3.36. The molecule has 0 saturated heterocycles. The molecule has 1 amide bonds. The molecule has 168 valence electrons. The quantitative estimate of drug-likeness (QED) is 0.642. The predicted molar refractivity (Wildman–Crippen MR) is 124 cm³/mol. The van der Waals surface area contributed by atoms with Crippen LogP contribution in [0.3, 0.4) is 0 Å². The van der Waals surface area contributed by atoms with Gasteiger partial charge in [0.1, 0.15) is 14.8 Å². The number of aromatic carboxylic acids is 1. The van der Waals surface area contributed by atoms with Crippen molar-refractivity contribution in [3.05, 3.63) is 42.0 Å². The highest BCUT2D eigenvalue weighted by Crippen LogP contribution is 2.41. The summed E-state index contributed by atoms with van der Waals surface area (Å²) in [5, 5.41) is 10.2. The van der Waals surface area contributed by atoms with Crippen LogP contribution in [0.5, 0.6) is 0 Å². The van der Waals surface area contributed by atoms with Gasteiger partial charge < -0.3 is 5.11 Å². The molecule has 6 nitrogen and oxygen atoms in total. The van der Waals surface area contributed by atoms with E-state index in [1.165, 1.54) is 16.2 Å². The molecule has 1 aliphatic carbocycles. The van der Waals surface area contributed by atoms with Crippen molar-refractivity contribution >= 4 is 38.1 Å². The van der Waals surface area contributed by atoms with Crippen molar-refractivity contribution in [1.29, 1.82) is 0 Å². The fourth-order valence-electron chi connectivity index (χ4n) is 4.19. The van der Waals surface area contributed by atoms with Gasteiger partial charge >= 0.3 is 5.97 Å². The summed E-state index contributed by atoms with van der Waals surface area (Å²) >= 11 is 1.23. The van der Waals surface area contributed by atoms with Crippen molar-refractivity contribution in [1.82, 2.24) is 0 Å². The van der Waals surface area contributed by atoms with E-state index in [4.69, 9.17) is 0 Å². The summed E-state index contributed by atoms with van der Waals surface area (Å²) in [6, 6.07) is 10.3. The Hall–Kier alpha value is -2.19. The minimum Gasteiger partial charge on any atom is -0.478 e. The lowest BCUT2D eigenvalue weighted by Gasteiger charge is -2.34. The number of carbonyl (C=O) groups is 2. The molecule has 2 aromatic rings. The molecule has 1 aromatic heterocycles. The number of sulfone groups is 1. The second kappa shape index (κ2) is 9.53. The van der Waals surface area contributed by atoms with E-state index in [9.17, 15) is 23.1 Å². The minimum absolute atomic E-state index is 0.0294. The van der Waals surface area contributed by atoms with Crippen molar-refractivity contribution in [3.8, 4) is 10.4 Å². The summed E-state index contributed by atoms with van der Waals surface area (Å²) in [6.45, 7) is 3.84. The zero-order valence-electron chi connectivity index (χ0n) is 18.1. The molecular formula is C23H29NO5S2. The van der Waals surface area contributed by atoms with E-state index in [2.05, 4.69) is 6.92 Å². The maximum absolute atomic E-state index is 13.6. The highest BCUT2D eigenvalue weighted by atomic mass is 32.2. The highest BCUT2D eigenvalue weighted by Gasteiger charge is 2.35. The van der Waals surface area contributed by atoms with Crippen molar-refractivity contribution in [2.75, 3.05) is 16.9 Å². The SMILES string of the molecule is CC(CS(C)(=O)=O)N(c1sc(-c2ccccc2)cc1C(=O)O)C(=O)[C@H]1CC[C@H](C)CC1. The first kappa shape index (κ1) is 23.5. The second-order valence-corrected chi connectivity index (χ2v) is 11.8. The van der Waals surface area contributed by atoms with Gasteiger partial charge in [0.15, 0.2) is 0 Å². The maximum Gasteiger partial charge on any atom is 0.338 e. The Kier molecular flexibility index (Phi) is 7.21. The van der Waals surface area contributed by atoms with Crippen LogP contribution in [0.2, 0.25) is 0 Å². The van der Waals surface area contributed by atoms with Crippen molar-refractivity contribution < 1.29 is 23.1 Å². The van der Waals surface area contributed by atoms with E-state index in [-0.39, 0.29) is 23.1 Å². The number of carbonyl (C=O) groups excluding carboxylic acids is 1. The first-order chi connectivity index (χ1) is 14.6. The first-order valence-corrected chi connectivity index (χ1v) is 13.4. The van der Waals surface area contributed by atoms with E-state index >= 15 is 0 Å². The van der Waals surface area contributed by atoms with Crippen LogP contribution in [-0.2, 0) is 14.6 Å². The van der Waals surface area contributed by atoms with Gasteiger partial charge in [-0.1, -0.05) is 37.3 Å². The molecule has 0 aliphatic heterocycles. The molecule has 31 heavy (non-hydrogen) atoms. The molecule has 0 spiro atoms. The van der Waals surface area contributed by atoms with Crippen LogP contribution in [-0.4, -0.2) is 43.5 Å². The van der Waals surface area contributed by atoms with Crippen LogP contribution in [0.25, 0.3) is 10.4 Å². The summed E-state index contributed by atoms with van der Waals surface area (Å²) in [5.41, 5.74) is 0.887. The molecule has 0 bridgehead atoms. The van der Waals surface area contributed by atoms with Crippen LogP contribution in [0, 0.1) is 11.8 Å². The molecule has 1 atom stereocenters. The van der Waals surface area contributed by atoms with Crippen molar-refractivity contribution in [3.63, 3.8) is 0 Å². The standard InChI is InChI=1S/C23H29NO5S2/c1-15-9-11-18(12-10-15)21(25)24(16(2)14-31(3,28)29)22-19(23(26)27)13-20(30-22)17-7-5-4-6-8-17/h4-8,13,15-16,18H,9-12,14H2,1-3H3,(H,26,27)/t15-,16?,18-. The molecule has 8 heteroatoms. The van der Waals surface area contributed by atoms with Crippen LogP contribution in [0.15, 0.2) is 36.4 Å². The Morgan fingerprint density at radius 1 is 1.16 bits per heavy atom. The van der Waals surface area contributed by atoms with E-state index < -0.39 is 21.8 Å². The summed E-state index contributed by atoms with van der Waals surface area (Å²) in [4.78, 5) is 27.8. The lowest BCUT2D eigenvalue weighted by molar-refractivity contribution is -0.123. The number of hydrogen-bond donors (Lipinski definition) is 1. The van der Waals surface area contributed by atoms with E-state index in [0.29, 0.717) is 10.9 Å². The molecule has 0 radical (unpaired) electrons. The van der Waals surface area contributed by atoms with Crippen LogP contribution in [0.1, 0.15) is 49.9 Å². The first-order valence-electron chi connectivity index (χ1n) is 10.5. The molecule has 3 rings (SSSR count). The Morgan fingerprint density at radius 3 is 2.32 bits per heavy atom. The van der Waals surface area contributed by atoms with Gasteiger partial charge in [0.05, 0.1) is 11.3 Å². The molecule has 1 heterocycles. The number of anilines is 1. The fourth-order valence-corrected chi connectivity index (χ4v) is 6.48. The Balaban J connectivity index is 2.06. The number of nitrogens with zero attached hydrogens (tertiary/aromatic N) is 1. The fraction of sp³-hybridized carbons (Fsp3) is 0.478. The smallest absolute Gasteiger partial charge is 0.338 e. The number of carboxylic acid groups (broad SMARTS) is 1. The van der Waals surface area contributed by atoms with Crippen molar-refractivity contribution in [2.45, 2.75) is 45.6 Å². The van der Waals surface area contributed by atoms with Gasteiger partial charge in [0, 0.05) is 23.1 Å². The lowest BCUT2D eigenvalue weighted by atomic mass is 9.82. The molecule has 1 aromatic carbocycles. The van der Waals surface area contributed by atoms with Gasteiger partial charge in [-0.3, -0.25) is 9.69 Å². The predicted octanol–water partition coefficient (Wildman–Crippen LogP) is 4.71. The number of rotatable bonds is 7. The zero-order valence-corrected chi connectivity index (χ0v) is 19.7. The topological polar surface area (TPSA) is 91.8 Å². The number of hydrogen-bond acceptors (Lipinski definition) is 5. The summed E-state index contributed by atoms with van der Waals surface area (Å²) in [7, 11) is -3.36. The van der Waals surface area contributed by atoms with E-state index in [1.807, 2.05) is 30.3 Å². The third-order valence-electron chi connectivity index (χ3n) is 5.81. The van der Waals surface area contributed by atoms with E-state index in [0.717, 1.165) is 42.4 Å². The molecular weight excluding hydrogens is 434 g/mol. The summed E-state index contributed by atoms with van der Waals surface area (Å²) in [6.07, 6.45) is 4.49. The molecule has 1 N–H and O–H groups in total. The van der Waals surface area contributed by atoms with Gasteiger partial charge in [-0.2, -0.15) is 0 Å². The van der Waals surface area contributed by atoms with Gasteiger partial charge in [-0.25, -0.2) is 13.2 Å². The molecule has 1 fully saturated rings. The Morgan fingerprint density at radius 2 is 1.77 bits per heavy atom. The zero-order chi connectivity index (χ0) is 22.8. The van der Waals surface area contributed by atoms with Crippen LogP contribution in [0.4, 0.5) is 5.00 Å². The number of thiophene rings is 1. The number of carboxylic acids is 1.